The highest BCUT2D eigenvalue weighted by Crippen LogP contribution is 2.40. The highest BCUT2D eigenvalue weighted by molar-refractivity contribution is 5.76. The van der Waals surface area contributed by atoms with Gasteiger partial charge in [-0.05, 0) is 37.3 Å². The van der Waals surface area contributed by atoms with Crippen molar-refractivity contribution in [3.8, 4) is 0 Å². The maximum absolute atomic E-state index is 6.34. The Labute approximate surface area is 108 Å². The van der Waals surface area contributed by atoms with E-state index in [0.717, 1.165) is 17.8 Å². The van der Waals surface area contributed by atoms with Crippen molar-refractivity contribution in [3.05, 3.63) is 30.1 Å². The lowest BCUT2D eigenvalue weighted by molar-refractivity contribution is 0.477. The molecule has 3 rings (SSSR count). The summed E-state index contributed by atoms with van der Waals surface area (Å²) in [4.78, 5) is 4.76. The lowest BCUT2D eigenvalue weighted by Crippen LogP contribution is -2.18. The van der Waals surface area contributed by atoms with Gasteiger partial charge < -0.3 is 10.3 Å². The molecule has 1 fully saturated rings. The number of hydrogen-bond donors (Lipinski definition) is 1. The van der Waals surface area contributed by atoms with E-state index in [0.29, 0.717) is 12.0 Å². The lowest BCUT2D eigenvalue weighted by Gasteiger charge is -2.16. The SMILES string of the molecule is CC(C)C[C@@H](N)c1nc2ccccc2n1C1CC1. The minimum Gasteiger partial charge on any atom is -0.324 e. The van der Waals surface area contributed by atoms with Crippen molar-refractivity contribution < 1.29 is 0 Å². The molecule has 0 bridgehead atoms. The van der Waals surface area contributed by atoms with Crippen LogP contribution in [0.25, 0.3) is 11.0 Å². The van der Waals surface area contributed by atoms with Crippen molar-refractivity contribution in [1.82, 2.24) is 9.55 Å². The summed E-state index contributed by atoms with van der Waals surface area (Å²) in [7, 11) is 0. The summed E-state index contributed by atoms with van der Waals surface area (Å²) in [5.74, 6) is 1.68. The molecule has 3 nitrogen and oxygen atoms in total. The van der Waals surface area contributed by atoms with Gasteiger partial charge in [-0.2, -0.15) is 0 Å². The Balaban J connectivity index is 2.07. The predicted octanol–water partition coefficient (Wildman–Crippen LogP) is 3.42. The molecule has 0 aliphatic heterocycles. The maximum Gasteiger partial charge on any atom is 0.127 e. The fourth-order valence-corrected chi connectivity index (χ4v) is 2.65. The first-order valence-corrected chi connectivity index (χ1v) is 6.89. The number of nitrogens with zero attached hydrogens (tertiary/aromatic N) is 2. The van der Waals surface area contributed by atoms with Gasteiger partial charge in [0.15, 0.2) is 0 Å². The highest BCUT2D eigenvalue weighted by Gasteiger charge is 2.29. The molecule has 96 valence electrons. The number of rotatable bonds is 4. The zero-order valence-corrected chi connectivity index (χ0v) is 11.1. The zero-order chi connectivity index (χ0) is 12.7. The molecular weight excluding hydrogens is 222 g/mol. The third-order valence-electron chi connectivity index (χ3n) is 3.59. The number of aromatic nitrogens is 2. The summed E-state index contributed by atoms with van der Waals surface area (Å²) >= 11 is 0. The molecule has 0 radical (unpaired) electrons. The number of hydrogen-bond acceptors (Lipinski definition) is 2. The van der Waals surface area contributed by atoms with Crippen LogP contribution < -0.4 is 5.73 Å². The van der Waals surface area contributed by atoms with Crippen molar-refractivity contribution >= 4 is 11.0 Å². The molecule has 0 unspecified atom stereocenters. The van der Waals surface area contributed by atoms with Gasteiger partial charge >= 0.3 is 0 Å². The van der Waals surface area contributed by atoms with E-state index < -0.39 is 0 Å². The van der Waals surface area contributed by atoms with Crippen molar-refractivity contribution in [3.63, 3.8) is 0 Å². The van der Waals surface area contributed by atoms with Gasteiger partial charge in [0.05, 0.1) is 17.1 Å². The van der Waals surface area contributed by atoms with Crippen molar-refractivity contribution in [2.45, 2.75) is 45.2 Å². The monoisotopic (exact) mass is 243 g/mol. The van der Waals surface area contributed by atoms with E-state index in [2.05, 4.69) is 36.6 Å². The molecule has 0 amide bonds. The molecule has 1 heterocycles. The van der Waals surface area contributed by atoms with Crippen LogP contribution in [0, 0.1) is 5.92 Å². The Morgan fingerprint density at radius 2 is 2.06 bits per heavy atom. The van der Waals surface area contributed by atoms with Crippen LogP contribution in [0.15, 0.2) is 24.3 Å². The summed E-state index contributed by atoms with van der Waals surface area (Å²) < 4.78 is 2.38. The molecule has 1 aliphatic rings. The normalized spacial score (nSPS) is 17.6. The summed E-state index contributed by atoms with van der Waals surface area (Å²) in [5.41, 5.74) is 8.67. The standard InChI is InChI=1S/C15H21N3/c1-10(2)9-12(16)15-17-13-5-3-4-6-14(13)18(15)11-7-8-11/h3-6,10-12H,7-9,16H2,1-2H3/t12-/m1/s1. The van der Waals surface area contributed by atoms with Gasteiger partial charge in [-0.25, -0.2) is 4.98 Å². The molecule has 2 aromatic rings. The fourth-order valence-electron chi connectivity index (χ4n) is 2.65. The predicted molar refractivity (Wildman–Crippen MR) is 74.4 cm³/mol. The molecule has 1 aromatic heterocycles. The summed E-state index contributed by atoms with van der Waals surface area (Å²) in [5, 5.41) is 0. The average Bonchev–Trinajstić information content (AvgIpc) is 3.08. The van der Waals surface area contributed by atoms with Gasteiger partial charge in [0, 0.05) is 6.04 Å². The van der Waals surface area contributed by atoms with E-state index in [1.807, 2.05) is 6.07 Å². The summed E-state index contributed by atoms with van der Waals surface area (Å²) in [6.07, 6.45) is 3.53. The van der Waals surface area contributed by atoms with Crippen molar-refractivity contribution in [2.24, 2.45) is 11.7 Å². The van der Waals surface area contributed by atoms with Gasteiger partial charge in [-0.3, -0.25) is 0 Å². The van der Waals surface area contributed by atoms with Gasteiger partial charge in [-0.15, -0.1) is 0 Å². The highest BCUT2D eigenvalue weighted by atomic mass is 15.1. The Hall–Kier alpha value is -1.35. The van der Waals surface area contributed by atoms with E-state index in [1.54, 1.807) is 0 Å². The first-order valence-electron chi connectivity index (χ1n) is 6.89. The number of para-hydroxylation sites is 2. The first kappa shape index (κ1) is 11.7. The Morgan fingerprint density at radius 3 is 2.72 bits per heavy atom. The molecule has 18 heavy (non-hydrogen) atoms. The van der Waals surface area contributed by atoms with Crippen LogP contribution in [0.2, 0.25) is 0 Å². The number of nitrogens with two attached hydrogens (primary N) is 1. The van der Waals surface area contributed by atoms with Gasteiger partial charge in [-0.1, -0.05) is 26.0 Å². The molecule has 1 atom stereocenters. The first-order chi connectivity index (χ1) is 8.66. The molecule has 1 saturated carbocycles. The minimum atomic E-state index is 0.0537. The molecule has 1 aliphatic carbocycles. The van der Waals surface area contributed by atoms with Gasteiger partial charge in [0.1, 0.15) is 5.82 Å². The number of fused-ring (bicyclic) bond motifs is 1. The Morgan fingerprint density at radius 1 is 1.33 bits per heavy atom. The summed E-state index contributed by atoms with van der Waals surface area (Å²) in [6, 6.07) is 9.06. The largest absolute Gasteiger partial charge is 0.324 e. The van der Waals surface area contributed by atoms with Crippen molar-refractivity contribution in [2.75, 3.05) is 0 Å². The second kappa shape index (κ2) is 4.39. The van der Waals surface area contributed by atoms with E-state index >= 15 is 0 Å². The number of benzene rings is 1. The average molecular weight is 243 g/mol. The molecule has 3 heteroatoms. The van der Waals surface area contributed by atoms with Crippen LogP contribution in [0.3, 0.4) is 0 Å². The van der Waals surface area contributed by atoms with Crippen LogP contribution in [0.1, 0.15) is 51.0 Å². The van der Waals surface area contributed by atoms with Crippen LogP contribution in [0.4, 0.5) is 0 Å². The third kappa shape index (κ3) is 2.03. The molecule has 2 N–H and O–H groups in total. The van der Waals surface area contributed by atoms with E-state index in [-0.39, 0.29) is 6.04 Å². The maximum atomic E-state index is 6.34. The second-order valence-electron chi connectivity index (χ2n) is 5.80. The zero-order valence-electron chi connectivity index (χ0n) is 11.1. The smallest absolute Gasteiger partial charge is 0.127 e. The molecule has 1 aromatic carbocycles. The third-order valence-corrected chi connectivity index (χ3v) is 3.59. The van der Waals surface area contributed by atoms with Gasteiger partial charge in [0.25, 0.3) is 0 Å². The second-order valence-corrected chi connectivity index (χ2v) is 5.80. The topological polar surface area (TPSA) is 43.8 Å². The number of imidazole rings is 1. The van der Waals surface area contributed by atoms with Crippen LogP contribution in [0.5, 0.6) is 0 Å². The van der Waals surface area contributed by atoms with Gasteiger partial charge in [0.2, 0.25) is 0 Å². The van der Waals surface area contributed by atoms with Crippen molar-refractivity contribution in [1.29, 1.82) is 0 Å². The fraction of sp³-hybridized carbons (Fsp3) is 0.533. The molecular formula is C15H21N3. The molecule has 0 spiro atoms. The van der Waals surface area contributed by atoms with E-state index in [4.69, 9.17) is 10.7 Å². The quantitative estimate of drug-likeness (QED) is 0.894. The van der Waals surface area contributed by atoms with E-state index in [9.17, 15) is 0 Å². The molecule has 0 saturated heterocycles. The van der Waals surface area contributed by atoms with Crippen LogP contribution in [-0.2, 0) is 0 Å². The van der Waals surface area contributed by atoms with Crippen LogP contribution in [-0.4, -0.2) is 9.55 Å². The lowest BCUT2D eigenvalue weighted by atomic mass is 10.0. The minimum absolute atomic E-state index is 0.0537. The Kier molecular flexibility index (Phi) is 2.86. The Bertz CT molecular complexity index is 552. The van der Waals surface area contributed by atoms with E-state index in [1.165, 1.54) is 18.4 Å². The van der Waals surface area contributed by atoms with Crippen LogP contribution >= 0.6 is 0 Å². The summed E-state index contributed by atoms with van der Waals surface area (Å²) in [6.45, 7) is 4.42.